The average molecular weight is 251 g/mol. The van der Waals surface area contributed by atoms with Gasteiger partial charge in [-0.25, -0.2) is 0 Å². The molecule has 0 aliphatic carbocycles. The maximum Gasteiger partial charge on any atom is 0.228 e. The van der Waals surface area contributed by atoms with Crippen molar-refractivity contribution in [3.63, 3.8) is 0 Å². The van der Waals surface area contributed by atoms with E-state index in [0.717, 1.165) is 32.6 Å². The Balaban J connectivity index is 1.86. The first kappa shape index (κ1) is 13.3. The van der Waals surface area contributed by atoms with Crippen LogP contribution in [0.5, 0.6) is 0 Å². The first-order valence-corrected chi connectivity index (χ1v) is 6.67. The van der Waals surface area contributed by atoms with E-state index in [2.05, 4.69) is 11.0 Å². The molecule has 2 aliphatic heterocycles. The molecule has 1 amide bonds. The van der Waals surface area contributed by atoms with Crippen molar-refractivity contribution in [2.45, 2.75) is 32.4 Å². The van der Waals surface area contributed by atoms with Crippen molar-refractivity contribution in [3.05, 3.63) is 0 Å². The van der Waals surface area contributed by atoms with Crippen LogP contribution >= 0.6 is 0 Å². The molecule has 0 aromatic rings. The lowest BCUT2D eigenvalue weighted by molar-refractivity contribution is -0.138. The predicted molar refractivity (Wildman–Crippen MR) is 66.7 cm³/mol. The standard InChI is InChI=1S/C13H21N3O2/c1-10(9-14)15-4-6-16(7-5-15)13(17)12-3-8-18-11(12)2/h10-12H,3-8H2,1-2H3. The number of hydrogen-bond acceptors (Lipinski definition) is 4. The zero-order chi connectivity index (χ0) is 13.1. The highest BCUT2D eigenvalue weighted by atomic mass is 16.5. The number of nitriles is 1. The molecule has 0 bridgehead atoms. The third-order valence-corrected chi connectivity index (χ3v) is 4.05. The molecule has 2 saturated heterocycles. The molecular weight excluding hydrogens is 230 g/mol. The van der Waals surface area contributed by atoms with Crippen molar-refractivity contribution in [1.29, 1.82) is 5.26 Å². The molecule has 2 fully saturated rings. The van der Waals surface area contributed by atoms with Gasteiger partial charge in [-0.05, 0) is 20.3 Å². The van der Waals surface area contributed by atoms with Crippen LogP contribution in [-0.4, -0.2) is 60.6 Å². The lowest BCUT2D eigenvalue weighted by Gasteiger charge is -2.37. The lowest BCUT2D eigenvalue weighted by Crippen LogP contribution is -2.52. The van der Waals surface area contributed by atoms with E-state index >= 15 is 0 Å². The van der Waals surface area contributed by atoms with Crippen LogP contribution in [0, 0.1) is 17.2 Å². The maximum absolute atomic E-state index is 12.3. The van der Waals surface area contributed by atoms with Crippen molar-refractivity contribution in [1.82, 2.24) is 9.80 Å². The SMILES string of the molecule is CC1OCCC1C(=O)N1CCN(C(C)C#N)CC1. The minimum atomic E-state index is -0.0593. The summed E-state index contributed by atoms with van der Waals surface area (Å²) in [7, 11) is 0. The molecule has 2 heterocycles. The second kappa shape index (κ2) is 5.68. The first-order valence-electron chi connectivity index (χ1n) is 6.67. The molecule has 3 atom stereocenters. The van der Waals surface area contributed by atoms with Crippen LogP contribution in [0.3, 0.4) is 0 Å². The Morgan fingerprint density at radius 1 is 1.39 bits per heavy atom. The van der Waals surface area contributed by atoms with Gasteiger partial charge in [-0.1, -0.05) is 0 Å². The zero-order valence-corrected chi connectivity index (χ0v) is 11.1. The number of piperazine rings is 1. The number of hydrogen-bond donors (Lipinski definition) is 0. The van der Waals surface area contributed by atoms with Crippen molar-refractivity contribution < 1.29 is 9.53 Å². The summed E-state index contributed by atoms with van der Waals surface area (Å²) in [5.41, 5.74) is 0. The van der Waals surface area contributed by atoms with Crippen LogP contribution in [0.4, 0.5) is 0 Å². The van der Waals surface area contributed by atoms with Gasteiger partial charge < -0.3 is 9.64 Å². The number of nitrogens with zero attached hydrogens (tertiary/aromatic N) is 3. The number of carbonyl (C=O) groups excluding carboxylic acids is 1. The molecule has 3 unspecified atom stereocenters. The molecule has 0 spiro atoms. The summed E-state index contributed by atoms with van der Waals surface area (Å²) < 4.78 is 5.45. The van der Waals surface area contributed by atoms with Gasteiger partial charge in [0.2, 0.25) is 5.91 Å². The number of ether oxygens (including phenoxy) is 1. The fourth-order valence-electron chi connectivity index (χ4n) is 2.70. The molecule has 5 nitrogen and oxygen atoms in total. The van der Waals surface area contributed by atoms with Crippen LogP contribution in [0.25, 0.3) is 0 Å². The van der Waals surface area contributed by atoms with Crippen molar-refractivity contribution in [2.24, 2.45) is 5.92 Å². The van der Waals surface area contributed by atoms with Crippen molar-refractivity contribution in [2.75, 3.05) is 32.8 Å². The Labute approximate surface area is 108 Å². The summed E-state index contributed by atoms with van der Waals surface area (Å²) in [6.45, 7) is 7.63. The van der Waals surface area contributed by atoms with Crippen LogP contribution < -0.4 is 0 Å². The average Bonchev–Trinajstić information content (AvgIpc) is 2.83. The predicted octanol–water partition coefficient (Wildman–Crippen LogP) is 0.468. The fourth-order valence-corrected chi connectivity index (χ4v) is 2.70. The van der Waals surface area contributed by atoms with E-state index in [4.69, 9.17) is 10.00 Å². The summed E-state index contributed by atoms with van der Waals surface area (Å²) in [6, 6.07) is 2.18. The Bertz CT molecular complexity index is 345. The third kappa shape index (κ3) is 2.65. The Morgan fingerprint density at radius 2 is 2.06 bits per heavy atom. The lowest BCUT2D eigenvalue weighted by atomic mass is 10.0. The normalized spacial score (nSPS) is 31.1. The second-order valence-corrected chi connectivity index (χ2v) is 5.14. The highest BCUT2D eigenvalue weighted by Crippen LogP contribution is 2.23. The minimum Gasteiger partial charge on any atom is -0.378 e. The molecule has 18 heavy (non-hydrogen) atoms. The molecule has 0 N–H and O–H groups in total. The highest BCUT2D eigenvalue weighted by Gasteiger charge is 2.35. The molecule has 2 rings (SSSR count). The topological polar surface area (TPSA) is 56.6 Å². The summed E-state index contributed by atoms with van der Waals surface area (Å²) in [5.74, 6) is 0.259. The van der Waals surface area contributed by atoms with Gasteiger partial charge in [0.1, 0.15) is 0 Å². The number of carbonyl (C=O) groups is 1. The Kier molecular flexibility index (Phi) is 4.20. The molecule has 0 aromatic carbocycles. The molecule has 0 aromatic heterocycles. The zero-order valence-electron chi connectivity index (χ0n) is 11.1. The van der Waals surface area contributed by atoms with E-state index in [-0.39, 0.29) is 24.0 Å². The summed E-state index contributed by atoms with van der Waals surface area (Å²) in [6.07, 6.45) is 0.892. The van der Waals surface area contributed by atoms with Gasteiger partial charge >= 0.3 is 0 Å². The molecular formula is C13H21N3O2. The van der Waals surface area contributed by atoms with Gasteiger partial charge in [0.25, 0.3) is 0 Å². The number of rotatable bonds is 2. The van der Waals surface area contributed by atoms with E-state index in [1.54, 1.807) is 0 Å². The molecule has 0 saturated carbocycles. The van der Waals surface area contributed by atoms with E-state index < -0.39 is 0 Å². The number of amides is 1. The van der Waals surface area contributed by atoms with Gasteiger partial charge in [-0.3, -0.25) is 9.69 Å². The quantitative estimate of drug-likeness (QED) is 0.716. The highest BCUT2D eigenvalue weighted by molar-refractivity contribution is 5.79. The van der Waals surface area contributed by atoms with Gasteiger partial charge in [-0.2, -0.15) is 5.26 Å². The van der Waals surface area contributed by atoms with E-state index in [9.17, 15) is 4.79 Å². The monoisotopic (exact) mass is 251 g/mol. The van der Waals surface area contributed by atoms with E-state index in [1.165, 1.54) is 0 Å². The van der Waals surface area contributed by atoms with Gasteiger partial charge in [-0.15, -0.1) is 0 Å². The minimum absolute atomic E-state index is 0.0324. The third-order valence-electron chi connectivity index (χ3n) is 4.05. The van der Waals surface area contributed by atoms with Gasteiger partial charge in [0.15, 0.2) is 0 Å². The fraction of sp³-hybridized carbons (Fsp3) is 0.846. The van der Waals surface area contributed by atoms with Gasteiger partial charge in [0.05, 0.1) is 24.1 Å². The van der Waals surface area contributed by atoms with Gasteiger partial charge in [0, 0.05) is 32.8 Å². The summed E-state index contributed by atoms with van der Waals surface area (Å²) >= 11 is 0. The smallest absolute Gasteiger partial charge is 0.228 e. The largest absolute Gasteiger partial charge is 0.378 e. The van der Waals surface area contributed by atoms with Crippen molar-refractivity contribution in [3.8, 4) is 6.07 Å². The van der Waals surface area contributed by atoms with Crippen LogP contribution in [0.15, 0.2) is 0 Å². The molecule has 2 aliphatic rings. The van der Waals surface area contributed by atoms with Crippen LogP contribution in [-0.2, 0) is 9.53 Å². The summed E-state index contributed by atoms with van der Waals surface area (Å²) in [4.78, 5) is 16.4. The second-order valence-electron chi connectivity index (χ2n) is 5.14. The maximum atomic E-state index is 12.3. The first-order chi connectivity index (χ1) is 8.63. The van der Waals surface area contributed by atoms with Crippen LogP contribution in [0.1, 0.15) is 20.3 Å². The molecule has 100 valence electrons. The van der Waals surface area contributed by atoms with Crippen LogP contribution in [0.2, 0.25) is 0 Å². The summed E-state index contributed by atoms with van der Waals surface area (Å²) in [5, 5.41) is 8.88. The van der Waals surface area contributed by atoms with E-state index in [0.29, 0.717) is 6.61 Å². The Morgan fingerprint density at radius 3 is 2.56 bits per heavy atom. The molecule has 0 radical (unpaired) electrons. The van der Waals surface area contributed by atoms with Crippen molar-refractivity contribution >= 4 is 5.91 Å². The molecule has 5 heteroatoms. The van der Waals surface area contributed by atoms with E-state index in [1.807, 2.05) is 18.7 Å². The Hall–Kier alpha value is -1.12.